The molecule has 0 aliphatic rings. The third-order valence-electron chi connectivity index (χ3n) is 11.2. The quantitative estimate of drug-likeness (QED) is 0.0261. The van der Waals surface area contributed by atoms with Crippen LogP contribution in [0.25, 0.3) is 0 Å². The molecule has 0 aromatic heterocycles. The smallest absolute Gasteiger partial charge is 0.306 e. The van der Waals surface area contributed by atoms with Crippen molar-refractivity contribution in [3.63, 3.8) is 0 Å². The normalized spacial score (nSPS) is 13.4. The Bertz CT molecular complexity index is 1720. The summed E-state index contributed by atoms with van der Waals surface area (Å²) < 4.78 is 16.7. The fourth-order valence-corrected chi connectivity index (χ4v) is 6.97. The monoisotopic (exact) mass is 1000 g/mol. The molecule has 6 nitrogen and oxygen atoms in total. The van der Waals surface area contributed by atoms with E-state index in [2.05, 4.69) is 179 Å². The molecular formula is C67H102O6. The first kappa shape index (κ1) is 67.8. The van der Waals surface area contributed by atoms with Gasteiger partial charge in [-0.25, -0.2) is 0 Å². The van der Waals surface area contributed by atoms with E-state index in [1.165, 1.54) is 25.7 Å². The van der Waals surface area contributed by atoms with Crippen LogP contribution in [-0.2, 0) is 28.6 Å². The van der Waals surface area contributed by atoms with Crippen molar-refractivity contribution < 1.29 is 28.6 Å². The van der Waals surface area contributed by atoms with Gasteiger partial charge < -0.3 is 14.2 Å². The molecule has 0 N–H and O–H groups in total. The maximum absolute atomic E-state index is 12.8. The number of unbranched alkanes of at least 4 members (excludes halogenated alkanes) is 10. The van der Waals surface area contributed by atoms with E-state index < -0.39 is 12.1 Å². The van der Waals surface area contributed by atoms with E-state index in [9.17, 15) is 14.4 Å². The van der Waals surface area contributed by atoms with Gasteiger partial charge in [0.15, 0.2) is 6.10 Å². The largest absolute Gasteiger partial charge is 0.462 e. The Morgan fingerprint density at radius 2 is 0.562 bits per heavy atom. The summed E-state index contributed by atoms with van der Waals surface area (Å²) in [4.78, 5) is 38.2. The Balaban J connectivity index is 4.65. The summed E-state index contributed by atoms with van der Waals surface area (Å²) in [6.45, 7) is 6.25. The minimum Gasteiger partial charge on any atom is -0.462 e. The predicted molar refractivity (Wildman–Crippen MR) is 315 cm³/mol. The average Bonchev–Trinajstić information content (AvgIpc) is 3.39. The Kier molecular flexibility index (Phi) is 55.1. The number of allylic oxidation sites excluding steroid dienone is 28. The van der Waals surface area contributed by atoms with Gasteiger partial charge in [0.05, 0.1) is 0 Å². The minimum absolute atomic E-state index is 0.140. The number of carbonyl (C=O) groups excluding carboxylic acids is 3. The zero-order valence-corrected chi connectivity index (χ0v) is 46.3. The summed E-state index contributed by atoms with van der Waals surface area (Å²) in [7, 11) is 0. The van der Waals surface area contributed by atoms with Gasteiger partial charge in [0.2, 0.25) is 0 Å². The Labute approximate surface area is 447 Å². The van der Waals surface area contributed by atoms with Crippen LogP contribution < -0.4 is 0 Å². The molecule has 0 aliphatic carbocycles. The highest BCUT2D eigenvalue weighted by Crippen LogP contribution is 2.11. The molecule has 73 heavy (non-hydrogen) atoms. The van der Waals surface area contributed by atoms with Crippen molar-refractivity contribution in [3.8, 4) is 0 Å². The maximum atomic E-state index is 12.8. The molecule has 0 unspecified atom stereocenters. The van der Waals surface area contributed by atoms with Gasteiger partial charge in [-0.3, -0.25) is 14.4 Å². The van der Waals surface area contributed by atoms with Gasteiger partial charge in [0.1, 0.15) is 13.2 Å². The van der Waals surface area contributed by atoms with Gasteiger partial charge in [-0.2, -0.15) is 0 Å². The first-order valence-corrected chi connectivity index (χ1v) is 28.6. The van der Waals surface area contributed by atoms with E-state index >= 15 is 0 Å². The van der Waals surface area contributed by atoms with Crippen molar-refractivity contribution >= 4 is 17.9 Å². The fraction of sp³-hybridized carbons (Fsp3) is 0.537. The molecule has 0 aromatic rings. The van der Waals surface area contributed by atoms with E-state index in [-0.39, 0.29) is 31.6 Å². The molecule has 6 heteroatoms. The third-order valence-corrected chi connectivity index (χ3v) is 11.2. The van der Waals surface area contributed by atoms with E-state index in [1.54, 1.807) is 0 Å². The first-order valence-electron chi connectivity index (χ1n) is 28.6. The summed E-state index contributed by atoms with van der Waals surface area (Å²) >= 11 is 0. The molecule has 406 valence electrons. The second-order valence-corrected chi connectivity index (χ2v) is 18.1. The van der Waals surface area contributed by atoms with E-state index in [0.29, 0.717) is 19.3 Å². The van der Waals surface area contributed by atoms with Crippen molar-refractivity contribution in [2.45, 2.75) is 219 Å². The van der Waals surface area contributed by atoms with Crippen molar-refractivity contribution in [2.75, 3.05) is 13.2 Å². The second-order valence-electron chi connectivity index (χ2n) is 18.1. The van der Waals surface area contributed by atoms with E-state index in [0.717, 1.165) is 141 Å². The molecule has 0 spiro atoms. The summed E-state index contributed by atoms with van der Waals surface area (Å²) in [5.74, 6) is -1.09. The van der Waals surface area contributed by atoms with Crippen LogP contribution in [0, 0.1) is 0 Å². The lowest BCUT2D eigenvalue weighted by Crippen LogP contribution is -2.30. The summed E-state index contributed by atoms with van der Waals surface area (Å²) in [6.07, 6.45) is 87.8. The van der Waals surface area contributed by atoms with Gasteiger partial charge in [-0.05, 0) is 141 Å². The van der Waals surface area contributed by atoms with Crippen molar-refractivity contribution in [2.24, 2.45) is 0 Å². The molecule has 0 amide bonds. The zero-order chi connectivity index (χ0) is 52.9. The molecule has 0 fully saturated rings. The molecule has 0 saturated carbocycles. The van der Waals surface area contributed by atoms with E-state index in [1.807, 2.05) is 12.2 Å². The topological polar surface area (TPSA) is 78.9 Å². The zero-order valence-electron chi connectivity index (χ0n) is 46.3. The standard InChI is InChI=1S/C67H102O6/c1-4-7-10-13-16-19-22-25-28-31-33-36-39-42-45-48-51-54-57-60-66(69)72-63-64(62-71-65(68)59-56-53-50-47-44-41-38-35-30-27-24-21-18-15-12-9-6-3)73-67(70)61-58-55-52-49-46-43-40-37-34-32-29-26-23-20-17-14-11-8-5-2/h8-9,11-12,16-21,25-30,33-34,36-38,41-43,45-46,52,55,64H,4-7,10,13-15,22-24,31-32,35,39-40,44,47-51,53-54,56-63H2,1-3H3/b11-8-,12-9-,19-16-,20-17-,21-18-,28-25-,29-26-,30-27-,36-33-,37-34-,41-38-,45-42-,46-43-,55-52-/t64-/m1/s1. The van der Waals surface area contributed by atoms with Crippen LogP contribution in [0.2, 0.25) is 0 Å². The Morgan fingerprint density at radius 1 is 0.288 bits per heavy atom. The lowest BCUT2D eigenvalue weighted by atomic mass is 10.1. The summed E-state index contributed by atoms with van der Waals surface area (Å²) in [6, 6.07) is 0. The van der Waals surface area contributed by atoms with Gasteiger partial charge in [0, 0.05) is 19.3 Å². The van der Waals surface area contributed by atoms with Crippen molar-refractivity contribution in [1.29, 1.82) is 0 Å². The molecule has 0 aliphatic heterocycles. The number of carbonyl (C=O) groups is 3. The highest BCUT2D eigenvalue weighted by molar-refractivity contribution is 5.71. The molecule has 0 radical (unpaired) electrons. The number of hydrogen-bond acceptors (Lipinski definition) is 6. The highest BCUT2D eigenvalue weighted by Gasteiger charge is 2.19. The highest BCUT2D eigenvalue weighted by atomic mass is 16.6. The second kappa shape index (κ2) is 59.3. The van der Waals surface area contributed by atoms with Crippen LogP contribution in [0.15, 0.2) is 170 Å². The fourth-order valence-electron chi connectivity index (χ4n) is 6.97. The Morgan fingerprint density at radius 3 is 0.890 bits per heavy atom. The molecule has 0 heterocycles. The van der Waals surface area contributed by atoms with Crippen LogP contribution in [0.4, 0.5) is 0 Å². The first-order chi connectivity index (χ1) is 36.0. The lowest BCUT2D eigenvalue weighted by Gasteiger charge is -2.18. The molecule has 1 atom stereocenters. The molecule has 0 saturated heterocycles. The van der Waals surface area contributed by atoms with Crippen molar-refractivity contribution in [3.05, 3.63) is 170 Å². The maximum Gasteiger partial charge on any atom is 0.306 e. The van der Waals surface area contributed by atoms with Gasteiger partial charge in [-0.1, -0.05) is 223 Å². The SMILES string of the molecule is CC/C=C\C/C=C\C/C=C\C/C=C\C/C=C\C/C=C\CCC(=O)O[C@@H](COC(=O)CCCCC/C=C\C/C=C\C/C=C\C/C=C\CCCCC)COC(=O)CCCCCC/C=C\C/C=C\C/C=C\C/C=C\CC. The average molecular weight is 1000 g/mol. The number of hydrogen-bond donors (Lipinski definition) is 0. The summed E-state index contributed by atoms with van der Waals surface area (Å²) in [5.41, 5.74) is 0. The minimum atomic E-state index is -0.853. The Hall–Kier alpha value is -5.23. The summed E-state index contributed by atoms with van der Waals surface area (Å²) in [5, 5.41) is 0. The van der Waals surface area contributed by atoms with Crippen LogP contribution in [0.3, 0.4) is 0 Å². The number of rotatable bonds is 49. The number of esters is 3. The molecular weight excluding hydrogens is 901 g/mol. The van der Waals surface area contributed by atoms with Gasteiger partial charge in [0.25, 0.3) is 0 Å². The van der Waals surface area contributed by atoms with Crippen LogP contribution >= 0.6 is 0 Å². The van der Waals surface area contributed by atoms with E-state index in [4.69, 9.17) is 14.2 Å². The molecule has 0 aromatic carbocycles. The predicted octanol–water partition coefficient (Wildman–Crippen LogP) is 19.5. The lowest BCUT2D eigenvalue weighted by molar-refractivity contribution is -0.166. The van der Waals surface area contributed by atoms with Crippen LogP contribution in [-0.4, -0.2) is 37.2 Å². The van der Waals surface area contributed by atoms with Crippen LogP contribution in [0.1, 0.15) is 213 Å². The number of ether oxygens (including phenoxy) is 3. The third kappa shape index (κ3) is 57.5. The van der Waals surface area contributed by atoms with Crippen LogP contribution in [0.5, 0.6) is 0 Å². The van der Waals surface area contributed by atoms with Gasteiger partial charge in [-0.15, -0.1) is 0 Å². The van der Waals surface area contributed by atoms with Gasteiger partial charge >= 0.3 is 17.9 Å². The molecule has 0 rings (SSSR count). The van der Waals surface area contributed by atoms with Crippen molar-refractivity contribution in [1.82, 2.24) is 0 Å². The molecule has 0 bridgehead atoms.